The van der Waals surface area contributed by atoms with Crippen LogP contribution in [0.3, 0.4) is 0 Å². The average Bonchev–Trinajstić information content (AvgIpc) is 3.14. The summed E-state index contributed by atoms with van der Waals surface area (Å²) < 4.78 is 2.73. The molecule has 1 heterocycles. The molecule has 3 rings (SSSR count). The number of carboxylic acid groups (broad SMARTS) is 1. The summed E-state index contributed by atoms with van der Waals surface area (Å²) in [7, 11) is 0. The van der Waals surface area contributed by atoms with Gasteiger partial charge in [-0.25, -0.2) is 4.68 Å². The third-order valence-electron chi connectivity index (χ3n) is 3.47. The minimum absolute atomic E-state index is 0.0616. The molecule has 0 saturated heterocycles. The molecule has 1 fully saturated rings. The lowest BCUT2D eigenvalue weighted by atomic mass is 10.1. The molecule has 1 unspecified atom stereocenters. The molecule has 20 heavy (non-hydrogen) atoms. The van der Waals surface area contributed by atoms with Crippen molar-refractivity contribution >= 4 is 28.6 Å². The molecule has 104 valence electrons. The Balaban J connectivity index is 2.00. The first-order valence-corrected chi connectivity index (χ1v) is 7.49. The first-order chi connectivity index (χ1) is 9.66. The summed E-state index contributed by atoms with van der Waals surface area (Å²) >= 11 is 2.23. The van der Waals surface area contributed by atoms with E-state index in [1.54, 1.807) is 4.68 Å². The molecule has 0 bridgehead atoms. The van der Waals surface area contributed by atoms with Crippen LogP contribution < -0.4 is 0 Å². The topological polar surface area (TPSA) is 80.9 Å². The number of hydrogen-bond acceptors (Lipinski definition) is 4. The Morgan fingerprint density at radius 2 is 2.20 bits per heavy atom. The van der Waals surface area contributed by atoms with Crippen LogP contribution in [-0.2, 0) is 4.79 Å². The van der Waals surface area contributed by atoms with Crippen molar-refractivity contribution in [2.24, 2.45) is 5.92 Å². The second kappa shape index (κ2) is 5.47. The number of aliphatic carboxylic acids is 1. The van der Waals surface area contributed by atoms with Gasteiger partial charge in [0.05, 0.1) is 12.5 Å². The molecule has 0 spiro atoms. The van der Waals surface area contributed by atoms with Crippen molar-refractivity contribution in [2.75, 3.05) is 0 Å². The monoisotopic (exact) mass is 384 g/mol. The smallest absolute Gasteiger partial charge is 0.305 e. The Hall–Kier alpha value is -1.51. The molecule has 0 amide bonds. The average molecular weight is 384 g/mol. The predicted molar refractivity (Wildman–Crippen MR) is 80.0 cm³/mol. The summed E-state index contributed by atoms with van der Waals surface area (Å²) in [6.07, 6.45) is 2.15. The second-order valence-electron chi connectivity index (χ2n) is 4.93. The molecule has 1 aliphatic carbocycles. The fourth-order valence-corrected chi connectivity index (χ4v) is 2.98. The quantitative estimate of drug-likeness (QED) is 0.801. The maximum Gasteiger partial charge on any atom is 0.305 e. The van der Waals surface area contributed by atoms with Gasteiger partial charge >= 0.3 is 5.97 Å². The molecule has 0 aliphatic heterocycles. The fraction of sp³-hybridized carbons (Fsp3) is 0.385. The third-order valence-corrected chi connectivity index (χ3v) is 4.41. The molecule has 1 N–H and O–H groups in total. The van der Waals surface area contributed by atoms with Gasteiger partial charge in [-0.3, -0.25) is 4.79 Å². The van der Waals surface area contributed by atoms with Crippen molar-refractivity contribution in [1.82, 2.24) is 20.2 Å². The Labute approximate surface area is 129 Å². The molecule has 7 heteroatoms. The Kier molecular flexibility index (Phi) is 3.68. The van der Waals surface area contributed by atoms with Gasteiger partial charge in [0.25, 0.3) is 0 Å². The minimum atomic E-state index is -0.814. The van der Waals surface area contributed by atoms with Crippen LogP contribution in [-0.4, -0.2) is 31.3 Å². The van der Waals surface area contributed by atoms with Crippen LogP contribution in [0.2, 0.25) is 0 Å². The summed E-state index contributed by atoms with van der Waals surface area (Å²) in [5.41, 5.74) is 0.939. The van der Waals surface area contributed by atoms with Crippen LogP contribution in [0.15, 0.2) is 24.3 Å². The summed E-state index contributed by atoms with van der Waals surface area (Å²) in [4.78, 5) is 11.1. The Morgan fingerprint density at radius 1 is 1.45 bits per heavy atom. The Bertz CT molecular complexity index is 639. The number of hydrogen-bond donors (Lipinski definition) is 1. The number of halogens is 1. The van der Waals surface area contributed by atoms with E-state index in [9.17, 15) is 4.79 Å². The maximum atomic E-state index is 11.1. The zero-order valence-electron chi connectivity index (χ0n) is 10.6. The molecule has 1 saturated carbocycles. The van der Waals surface area contributed by atoms with E-state index in [-0.39, 0.29) is 12.5 Å². The number of carbonyl (C=O) groups is 1. The number of aromatic nitrogens is 4. The largest absolute Gasteiger partial charge is 0.481 e. The van der Waals surface area contributed by atoms with Crippen molar-refractivity contribution in [3.63, 3.8) is 0 Å². The van der Waals surface area contributed by atoms with Gasteiger partial charge in [-0.1, -0.05) is 18.2 Å². The first kappa shape index (κ1) is 13.5. The van der Waals surface area contributed by atoms with Crippen LogP contribution in [0.5, 0.6) is 0 Å². The normalized spacial score (nSPS) is 16.1. The summed E-state index contributed by atoms with van der Waals surface area (Å²) in [5.74, 6) is 0.203. The van der Waals surface area contributed by atoms with E-state index in [4.69, 9.17) is 5.11 Å². The molecule has 1 atom stereocenters. The van der Waals surface area contributed by atoms with Crippen molar-refractivity contribution in [1.29, 1.82) is 0 Å². The van der Waals surface area contributed by atoms with E-state index in [1.807, 2.05) is 24.3 Å². The van der Waals surface area contributed by atoms with Crippen LogP contribution in [0.1, 0.15) is 25.3 Å². The summed E-state index contributed by atoms with van der Waals surface area (Å²) in [6, 6.07) is 7.66. The maximum absolute atomic E-state index is 11.1. The standard InChI is InChI=1S/C13H13IN4O2/c14-10-4-2-1-3-9(10)13-15-16-17-18(13)11(7-12(19)20)8-5-6-8/h1-4,8,11H,5-7H2,(H,19,20). The highest BCUT2D eigenvalue weighted by atomic mass is 127. The van der Waals surface area contributed by atoms with Gasteiger partial charge in [-0.05, 0) is 57.8 Å². The minimum Gasteiger partial charge on any atom is -0.481 e. The second-order valence-corrected chi connectivity index (χ2v) is 6.09. The number of benzene rings is 1. The highest BCUT2D eigenvalue weighted by Gasteiger charge is 2.36. The van der Waals surface area contributed by atoms with Gasteiger partial charge < -0.3 is 5.11 Å². The number of rotatable bonds is 5. The summed E-state index contributed by atoms with van der Waals surface area (Å²) in [5, 5.41) is 21.0. The van der Waals surface area contributed by atoms with Crippen molar-refractivity contribution < 1.29 is 9.90 Å². The lowest BCUT2D eigenvalue weighted by molar-refractivity contribution is -0.138. The number of nitrogens with zero attached hydrogens (tertiary/aromatic N) is 4. The van der Waals surface area contributed by atoms with Crippen LogP contribution in [0.4, 0.5) is 0 Å². The van der Waals surface area contributed by atoms with Gasteiger partial charge in [0.1, 0.15) is 0 Å². The van der Waals surface area contributed by atoms with E-state index >= 15 is 0 Å². The lowest BCUT2D eigenvalue weighted by Crippen LogP contribution is -2.18. The lowest BCUT2D eigenvalue weighted by Gasteiger charge is -2.16. The highest BCUT2D eigenvalue weighted by Crippen LogP contribution is 2.42. The van der Waals surface area contributed by atoms with Gasteiger partial charge in [-0.15, -0.1) is 5.10 Å². The van der Waals surface area contributed by atoms with Crippen LogP contribution in [0, 0.1) is 9.49 Å². The van der Waals surface area contributed by atoms with E-state index in [2.05, 4.69) is 38.1 Å². The zero-order chi connectivity index (χ0) is 14.1. The SMILES string of the molecule is O=C(O)CC(C1CC1)n1nnnc1-c1ccccc1I. The molecular formula is C13H13IN4O2. The molecule has 1 aromatic carbocycles. The van der Waals surface area contributed by atoms with E-state index < -0.39 is 5.97 Å². The van der Waals surface area contributed by atoms with E-state index in [0.717, 1.165) is 22.0 Å². The number of tetrazole rings is 1. The molecule has 0 radical (unpaired) electrons. The van der Waals surface area contributed by atoms with Crippen LogP contribution in [0.25, 0.3) is 11.4 Å². The van der Waals surface area contributed by atoms with Gasteiger partial charge in [0.15, 0.2) is 5.82 Å². The Morgan fingerprint density at radius 3 is 2.85 bits per heavy atom. The third kappa shape index (κ3) is 2.67. The van der Waals surface area contributed by atoms with Gasteiger partial charge in [0.2, 0.25) is 0 Å². The van der Waals surface area contributed by atoms with E-state index in [1.165, 1.54) is 0 Å². The van der Waals surface area contributed by atoms with Crippen LogP contribution >= 0.6 is 22.6 Å². The molecule has 6 nitrogen and oxygen atoms in total. The van der Waals surface area contributed by atoms with Crippen molar-refractivity contribution in [3.05, 3.63) is 27.8 Å². The summed E-state index contributed by atoms with van der Waals surface area (Å²) in [6.45, 7) is 0. The highest BCUT2D eigenvalue weighted by molar-refractivity contribution is 14.1. The zero-order valence-corrected chi connectivity index (χ0v) is 12.8. The molecule has 1 aromatic heterocycles. The van der Waals surface area contributed by atoms with Crippen molar-refractivity contribution in [3.8, 4) is 11.4 Å². The van der Waals surface area contributed by atoms with Gasteiger partial charge in [0, 0.05) is 9.13 Å². The molecular weight excluding hydrogens is 371 g/mol. The van der Waals surface area contributed by atoms with Gasteiger partial charge in [-0.2, -0.15) is 0 Å². The molecule has 1 aliphatic rings. The van der Waals surface area contributed by atoms with E-state index in [0.29, 0.717) is 11.7 Å². The number of carboxylic acids is 1. The fourth-order valence-electron chi connectivity index (χ4n) is 2.35. The molecule has 2 aromatic rings. The predicted octanol–water partition coefficient (Wildman–Crippen LogP) is 2.37. The first-order valence-electron chi connectivity index (χ1n) is 6.41. The van der Waals surface area contributed by atoms with Crippen molar-refractivity contribution in [2.45, 2.75) is 25.3 Å².